The lowest BCUT2D eigenvalue weighted by Crippen LogP contribution is -2.39. The number of hydrogen-bond acceptors (Lipinski definition) is 4. The maximum Gasteiger partial charge on any atom is 0.251 e. The van der Waals surface area contributed by atoms with E-state index in [-0.39, 0.29) is 22.7 Å². The topological polar surface area (TPSA) is 89.7 Å². The van der Waals surface area contributed by atoms with Gasteiger partial charge in [-0.25, -0.2) is 17.1 Å². The number of benzene rings is 1. The van der Waals surface area contributed by atoms with Gasteiger partial charge in [-0.05, 0) is 42.7 Å². The van der Waals surface area contributed by atoms with Crippen LogP contribution in [-0.4, -0.2) is 38.8 Å². The highest BCUT2D eigenvalue weighted by molar-refractivity contribution is 7.89. The molecule has 0 unspecified atom stereocenters. The van der Waals surface area contributed by atoms with Crippen LogP contribution in [-0.2, 0) is 10.0 Å². The molecule has 0 aliphatic heterocycles. The lowest BCUT2D eigenvalue weighted by atomic mass is 9.70. The number of rotatable bonds is 5. The van der Waals surface area contributed by atoms with E-state index < -0.39 is 32.2 Å². The van der Waals surface area contributed by atoms with Crippen LogP contribution in [0, 0.1) is 22.6 Å². The van der Waals surface area contributed by atoms with Gasteiger partial charge in [0.05, 0.1) is 5.56 Å². The summed E-state index contributed by atoms with van der Waals surface area (Å²) >= 11 is 0. The molecular weight excluding hydrogens is 371 g/mol. The number of primary amides is 1. The Hall–Kier alpha value is -1.67. The molecule has 150 valence electrons. The Morgan fingerprint density at radius 2 is 1.93 bits per heavy atom. The first-order chi connectivity index (χ1) is 12.3. The van der Waals surface area contributed by atoms with E-state index in [4.69, 9.17) is 10.5 Å². The van der Waals surface area contributed by atoms with Gasteiger partial charge in [0, 0.05) is 19.5 Å². The third-order valence-corrected chi connectivity index (χ3v) is 8.91. The molecule has 2 aliphatic rings. The van der Waals surface area contributed by atoms with Crippen molar-refractivity contribution in [1.82, 2.24) is 4.31 Å². The van der Waals surface area contributed by atoms with Gasteiger partial charge in [0.15, 0.2) is 10.7 Å². The van der Waals surface area contributed by atoms with Crippen molar-refractivity contribution in [3.63, 3.8) is 0 Å². The number of nitrogens with two attached hydrogens (primary N) is 1. The minimum Gasteiger partial charge on any atom is -0.488 e. The first-order valence-electron chi connectivity index (χ1n) is 9.05. The Balaban J connectivity index is 2.10. The fraction of sp³-hybridized carbons (Fsp3) is 0.632. The SMILES string of the molecule is CN(C)S(=O)(=O)c1c(O[C@@H]2C[C@@H]3CC[C@@]2(C)C3(C)C)ccc(C(N)=O)c1F. The van der Waals surface area contributed by atoms with Crippen molar-refractivity contribution in [3.8, 4) is 5.75 Å². The molecule has 3 rings (SSSR count). The van der Waals surface area contributed by atoms with Gasteiger partial charge in [0.1, 0.15) is 11.9 Å². The van der Waals surface area contributed by atoms with E-state index in [0.717, 1.165) is 23.6 Å². The van der Waals surface area contributed by atoms with Crippen molar-refractivity contribution in [2.24, 2.45) is 22.5 Å². The molecule has 27 heavy (non-hydrogen) atoms. The van der Waals surface area contributed by atoms with Crippen LogP contribution in [0.2, 0.25) is 0 Å². The maximum atomic E-state index is 15.0. The number of halogens is 1. The zero-order valence-electron chi connectivity index (χ0n) is 16.4. The number of amides is 1. The minimum atomic E-state index is -4.17. The number of hydrogen-bond donors (Lipinski definition) is 1. The van der Waals surface area contributed by atoms with E-state index in [2.05, 4.69) is 20.8 Å². The first-order valence-corrected chi connectivity index (χ1v) is 10.5. The molecule has 2 bridgehead atoms. The predicted molar refractivity (Wildman–Crippen MR) is 99.4 cm³/mol. The molecule has 6 nitrogen and oxygen atoms in total. The second kappa shape index (κ2) is 6.17. The molecule has 0 heterocycles. The molecule has 1 aromatic rings. The van der Waals surface area contributed by atoms with Crippen molar-refractivity contribution >= 4 is 15.9 Å². The fourth-order valence-electron chi connectivity index (χ4n) is 4.71. The summed E-state index contributed by atoms with van der Waals surface area (Å²) in [6.07, 6.45) is 2.67. The Morgan fingerprint density at radius 1 is 1.30 bits per heavy atom. The van der Waals surface area contributed by atoms with Crippen LogP contribution in [0.5, 0.6) is 5.75 Å². The number of sulfonamides is 1. The summed E-state index contributed by atoms with van der Waals surface area (Å²) in [5.41, 5.74) is 4.65. The molecule has 0 spiro atoms. The smallest absolute Gasteiger partial charge is 0.251 e. The summed E-state index contributed by atoms with van der Waals surface area (Å²) in [6.45, 7) is 6.57. The van der Waals surface area contributed by atoms with Gasteiger partial charge in [-0.3, -0.25) is 4.79 Å². The summed E-state index contributed by atoms with van der Waals surface area (Å²) in [4.78, 5) is 10.9. The molecule has 1 aromatic carbocycles. The molecule has 0 radical (unpaired) electrons. The van der Waals surface area contributed by atoms with E-state index in [0.29, 0.717) is 5.92 Å². The monoisotopic (exact) mass is 398 g/mol. The van der Waals surface area contributed by atoms with Crippen LogP contribution in [0.15, 0.2) is 17.0 Å². The lowest BCUT2D eigenvalue weighted by molar-refractivity contribution is 0.0279. The summed E-state index contributed by atoms with van der Waals surface area (Å²) in [5, 5.41) is 0. The zero-order valence-corrected chi connectivity index (χ0v) is 17.2. The van der Waals surface area contributed by atoms with Crippen LogP contribution in [0.4, 0.5) is 4.39 Å². The number of nitrogens with zero attached hydrogens (tertiary/aromatic N) is 1. The van der Waals surface area contributed by atoms with Gasteiger partial charge in [0.25, 0.3) is 5.91 Å². The van der Waals surface area contributed by atoms with E-state index in [1.54, 1.807) is 0 Å². The highest BCUT2D eigenvalue weighted by Gasteiger charge is 2.62. The second-order valence-corrected chi connectivity index (χ2v) is 10.7. The summed E-state index contributed by atoms with van der Waals surface area (Å²) < 4.78 is 47.5. The molecule has 0 saturated heterocycles. The van der Waals surface area contributed by atoms with Gasteiger partial charge in [0.2, 0.25) is 10.0 Å². The molecule has 1 amide bonds. The maximum absolute atomic E-state index is 15.0. The molecule has 2 aliphatic carbocycles. The molecular formula is C19H27FN2O4S. The predicted octanol–water partition coefficient (Wildman–Crippen LogP) is 2.77. The molecule has 0 aromatic heterocycles. The van der Waals surface area contributed by atoms with Crippen molar-refractivity contribution in [3.05, 3.63) is 23.5 Å². The quantitative estimate of drug-likeness (QED) is 0.826. The number of carbonyl (C=O) groups is 1. The number of ether oxygens (including phenoxy) is 1. The van der Waals surface area contributed by atoms with E-state index in [1.807, 2.05) is 0 Å². The third-order valence-electron chi connectivity index (χ3n) is 7.05. The average Bonchev–Trinajstić information content (AvgIpc) is 2.87. The van der Waals surface area contributed by atoms with Gasteiger partial charge in [-0.1, -0.05) is 20.8 Å². The molecule has 2 N–H and O–H groups in total. The Morgan fingerprint density at radius 3 is 2.37 bits per heavy atom. The number of fused-ring (bicyclic) bond motifs is 2. The van der Waals surface area contributed by atoms with Crippen LogP contribution in [0.1, 0.15) is 50.4 Å². The molecule has 3 atom stereocenters. The lowest BCUT2D eigenvalue weighted by Gasteiger charge is -2.39. The summed E-state index contributed by atoms with van der Waals surface area (Å²) in [6, 6.07) is 2.52. The van der Waals surface area contributed by atoms with Crippen molar-refractivity contribution in [1.29, 1.82) is 0 Å². The van der Waals surface area contributed by atoms with E-state index >= 15 is 0 Å². The minimum absolute atomic E-state index is 0.0595. The Bertz CT molecular complexity index is 897. The summed E-state index contributed by atoms with van der Waals surface area (Å²) in [5.74, 6) is -1.78. The molecule has 2 fully saturated rings. The highest BCUT2D eigenvalue weighted by atomic mass is 32.2. The molecule has 2 saturated carbocycles. The largest absolute Gasteiger partial charge is 0.488 e. The summed E-state index contributed by atoms with van der Waals surface area (Å²) in [7, 11) is -1.57. The van der Waals surface area contributed by atoms with Crippen LogP contribution < -0.4 is 10.5 Å². The van der Waals surface area contributed by atoms with Crippen molar-refractivity contribution in [2.45, 2.75) is 51.0 Å². The third kappa shape index (κ3) is 2.76. The van der Waals surface area contributed by atoms with E-state index in [9.17, 15) is 17.6 Å². The van der Waals surface area contributed by atoms with Crippen LogP contribution >= 0.6 is 0 Å². The van der Waals surface area contributed by atoms with Crippen molar-refractivity contribution < 1.29 is 22.3 Å². The van der Waals surface area contributed by atoms with Gasteiger partial charge in [-0.15, -0.1) is 0 Å². The highest BCUT2D eigenvalue weighted by Crippen LogP contribution is 2.66. The first kappa shape index (κ1) is 20.1. The fourth-order valence-corrected chi connectivity index (χ4v) is 5.78. The standard InChI is InChI=1S/C19H27FN2O4S/c1-18(2)11-8-9-19(18,3)14(10-11)26-13-7-6-12(17(21)23)15(20)16(13)27(24,25)22(4)5/h6-7,11,14H,8-10H2,1-5H3,(H2,21,23)/t11-,14+,19+/m0/s1. The van der Waals surface area contributed by atoms with Crippen LogP contribution in [0.3, 0.4) is 0 Å². The average molecular weight is 399 g/mol. The van der Waals surface area contributed by atoms with Crippen LogP contribution in [0.25, 0.3) is 0 Å². The second-order valence-electron chi connectivity index (χ2n) is 8.62. The van der Waals surface area contributed by atoms with Gasteiger partial charge < -0.3 is 10.5 Å². The van der Waals surface area contributed by atoms with E-state index in [1.165, 1.54) is 26.2 Å². The normalized spacial score (nSPS) is 29.3. The molecule has 8 heteroatoms. The Labute approximate surface area is 159 Å². The van der Waals surface area contributed by atoms with Gasteiger partial charge in [-0.2, -0.15) is 0 Å². The van der Waals surface area contributed by atoms with Crippen molar-refractivity contribution in [2.75, 3.05) is 14.1 Å². The van der Waals surface area contributed by atoms with Gasteiger partial charge >= 0.3 is 0 Å². The number of carbonyl (C=O) groups excluding carboxylic acids is 1. The zero-order chi connectivity index (χ0) is 20.4. The Kier molecular flexibility index (Phi) is 4.59.